The second-order valence-electron chi connectivity index (χ2n) is 4.34. The molecule has 3 rings (SSSR count). The van der Waals surface area contributed by atoms with Crippen LogP contribution in [0.15, 0.2) is 54.9 Å². The summed E-state index contributed by atoms with van der Waals surface area (Å²) in [6, 6.07) is 15.6. The van der Waals surface area contributed by atoms with Crippen LogP contribution in [-0.4, -0.2) is 17.1 Å². The normalized spacial score (nSPS) is 10.4. The Morgan fingerprint density at radius 3 is 2.80 bits per heavy atom. The van der Waals surface area contributed by atoms with Crippen molar-refractivity contribution in [3.63, 3.8) is 0 Å². The molecule has 0 spiro atoms. The number of rotatable bonds is 4. The van der Waals surface area contributed by atoms with Crippen LogP contribution in [0.4, 0.5) is 0 Å². The minimum absolute atomic E-state index is 0.443. The van der Waals surface area contributed by atoms with E-state index >= 15 is 0 Å². The standard InChI is InChI=1S/C16H14N2O2/c1-19-13-6-4-5-12(9-13)10-20-16-14-7-2-3-8-15(14)17-11-18-16/h2-9,11H,10H2,1H3. The molecule has 1 heterocycles. The van der Waals surface area contributed by atoms with Gasteiger partial charge in [-0.2, -0.15) is 0 Å². The maximum Gasteiger partial charge on any atom is 0.224 e. The van der Waals surface area contributed by atoms with Crippen LogP contribution in [0.1, 0.15) is 5.56 Å². The molecule has 0 radical (unpaired) electrons. The first kappa shape index (κ1) is 12.4. The zero-order valence-electron chi connectivity index (χ0n) is 11.1. The Balaban J connectivity index is 1.83. The molecule has 0 fully saturated rings. The third kappa shape index (κ3) is 2.54. The smallest absolute Gasteiger partial charge is 0.224 e. The monoisotopic (exact) mass is 266 g/mol. The molecule has 0 N–H and O–H groups in total. The van der Waals surface area contributed by atoms with Crippen molar-refractivity contribution in [2.45, 2.75) is 6.61 Å². The number of methoxy groups -OCH3 is 1. The average molecular weight is 266 g/mol. The topological polar surface area (TPSA) is 44.2 Å². The second kappa shape index (κ2) is 5.57. The molecule has 0 bridgehead atoms. The quantitative estimate of drug-likeness (QED) is 0.727. The van der Waals surface area contributed by atoms with Crippen LogP contribution in [0.3, 0.4) is 0 Å². The lowest BCUT2D eigenvalue weighted by Gasteiger charge is -2.08. The van der Waals surface area contributed by atoms with Crippen LogP contribution >= 0.6 is 0 Å². The Labute approximate surface area is 117 Å². The Kier molecular flexibility index (Phi) is 3.46. The molecule has 0 saturated heterocycles. The summed E-state index contributed by atoms with van der Waals surface area (Å²) in [5.41, 5.74) is 1.91. The molecule has 4 heteroatoms. The summed E-state index contributed by atoms with van der Waals surface area (Å²) >= 11 is 0. The fourth-order valence-corrected chi connectivity index (χ4v) is 2.01. The van der Waals surface area contributed by atoms with Gasteiger partial charge in [0.1, 0.15) is 18.7 Å². The maximum absolute atomic E-state index is 5.80. The molecule has 100 valence electrons. The SMILES string of the molecule is COc1cccc(COc2ncnc3ccccc23)c1. The minimum atomic E-state index is 0.443. The van der Waals surface area contributed by atoms with Gasteiger partial charge < -0.3 is 9.47 Å². The lowest BCUT2D eigenvalue weighted by Crippen LogP contribution is -1.99. The van der Waals surface area contributed by atoms with E-state index in [0.717, 1.165) is 22.2 Å². The fourth-order valence-electron chi connectivity index (χ4n) is 2.01. The summed E-state index contributed by atoms with van der Waals surface area (Å²) in [4.78, 5) is 8.41. The molecule has 0 unspecified atom stereocenters. The first-order valence-corrected chi connectivity index (χ1v) is 6.32. The summed E-state index contributed by atoms with van der Waals surface area (Å²) in [6.07, 6.45) is 1.52. The molecule has 4 nitrogen and oxygen atoms in total. The van der Waals surface area contributed by atoms with Crippen LogP contribution in [0, 0.1) is 0 Å². The molecule has 0 amide bonds. The number of para-hydroxylation sites is 1. The highest BCUT2D eigenvalue weighted by Crippen LogP contribution is 2.22. The predicted octanol–water partition coefficient (Wildman–Crippen LogP) is 3.22. The number of ether oxygens (including phenoxy) is 2. The highest BCUT2D eigenvalue weighted by molar-refractivity contribution is 5.82. The lowest BCUT2D eigenvalue weighted by atomic mass is 10.2. The minimum Gasteiger partial charge on any atom is -0.497 e. The van der Waals surface area contributed by atoms with Crippen molar-refractivity contribution in [1.82, 2.24) is 9.97 Å². The predicted molar refractivity (Wildman–Crippen MR) is 76.9 cm³/mol. The van der Waals surface area contributed by atoms with Crippen LogP contribution in [-0.2, 0) is 6.61 Å². The van der Waals surface area contributed by atoms with Gasteiger partial charge in [-0.25, -0.2) is 9.97 Å². The van der Waals surface area contributed by atoms with Crippen molar-refractivity contribution in [2.75, 3.05) is 7.11 Å². The Hall–Kier alpha value is -2.62. The first-order valence-electron chi connectivity index (χ1n) is 6.32. The van der Waals surface area contributed by atoms with Gasteiger partial charge >= 0.3 is 0 Å². The number of hydrogen-bond acceptors (Lipinski definition) is 4. The summed E-state index contributed by atoms with van der Waals surface area (Å²) in [7, 11) is 1.65. The van der Waals surface area contributed by atoms with E-state index in [2.05, 4.69) is 9.97 Å². The van der Waals surface area contributed by atoms with E-state index in [4.69, 9.17) is 9.47 Å². The number of hydrogen-bond donors (Lipinski definition) is 0. The van der Waals surface area contributed by atoms with Crippen molar-refractivity contribution in [3.8, 4) is 11.6 Å². The van der Waals surface area contributed by atoms with Gasteiger partial charge in [0.2, 0.25) is 5.88 Å². The summed E-state index contributed by atoms with van der Waals surface area (Å²) in [5.74, 6) is 1.41. The van der Waals surface area contributed by atoms with E-state index < -0.39 is 0 Å². The van der Waals surface area contributed by atoms with Gasteiger partial charge in [0.15, 0.2) is 0 Å². The number of fused-ring (bicyclic) bond motifs is 1. The van der Waals surface area contributed by atoms with Crippen molar-refractivity contribution >= 4 is 10.9 Å². The molecule has 0 saturated carbocycles. The molecule has 3 aromatic rings. The zero-order chi connectivity index (χ0) is 13.8. The van der Waals surface area contributed by atoms with Crippen LogP contribution in [0.25, 0.3) is 10.9 Å². The number of nitrogens with zero attached hydrogens (tertiary/aromatic N) is 2. The van der Waals surface area contributed by atoms with E-state index in [1.54, 1.807) is 7.11 Å². The van der Waals surface area contributed by atoms with Gasteiger partial charge in [-0.05, 0) is 29.8 Å². The molecule has 0 aliphatic carbocycles. The van der Waals surface area contributed by atoms with Crippen LogP contribution < -0.4 is 9.47 Å². The molecule has 0 atom stereocenters. The van der Waals surface area contributed by atoms with Gasteiger partial charge in [0, 0.05) is 0 Å². The van der Waals surface area contributed by atoms with Gasteiger partial charge in [-0.15, -0.1) is 0 Å². The largest absolute Gasteiger partial charge is 0.497 e. The summed E-state index contributed by atoms with van der Waals surface area (Å²) in [5, 5.41) is 0.915. The number of benzene rings is 2. The van der Waals surface area contributed by atoms with E-state index in [1.165, 1.54) is 6.33 Å². The van der Waals surface area contributed by atoms with Crippen LogP contribution in [0.5, 0.6) is 11.6 Å². The maximum atomic E-state index is 5.80. The van der Waals surface area contributed by atoms with Gasteiger partial charge in [0.05, 0.1) is 18.0 Å². The first-order chi connectivity index (χ1) is 9.86. The van der Waals surface area contributed by atoms with E-state index in [-0.39, 0.29) is 0 Å². The Bertz CT molecular complexity index is 723. The lowest BCUT2D eigenvalue weighted by molar-refractivity contribution is 0.296. The van der Waals surface area contributed by atoms with Crippen molar-refractivity contribution < 1.29 is 9.47 Å². The highest BCUT2D eigenvalue weighted by atomic mass is 16.5. The Morgan fingerprint density at radius 1 is 1.00 bits per heavy atom. The molecular weight excluding hydrogens is 252 g/mol. The van der Waals surface area contributed by atoms with Gasteiger partial charge in [-0.3, -0.25) is 0 Å². The van der Waals surface area contributed by atoms with Gasteiger partial charge in [-0.1, -0.05) is 24.3 Å². The third-order valence-corrected chi connectivity index (χ3v) is 3.02. The highest BCUT2D eigenvalue weighted by Gasteiger charge is 2.04. The average Bonchev–Trinajstić information content (AvgIpc) is 2.53. The molecule has 0 aliphatic rings. The van der Waals surface area contributed by atoms with Crippen molar-refractivity contribution in [2.24, 2.45) is 0 Å². The summed E-state index contributed by atoms with van der Waals surface area (Å²) < 4.78 is 11.0. The fraction of sp³-hybridized carbons (Fsp3) is 0.125. The Morgan fingerprint density at radius 2 is 1.90 bits per heavy atom. The van der Waals surface area contributed by atoms with E-state index in [9.17, 15) is 0 Å². The summed E-state index contributed by atoms with van der Waals surface area (Å²) in [6.45, 7) is 0.443. The molecule has 20 heavy (non-hydrogen) atoms. The zero-order valence-corrected chi connectivity index (χ0v) is 11.1. The molecule has 1 aromatic heterocycles. The second-order valence-corrected chi connectivity index (χ2v) is 4.34. The molecule has 2 aromatic carbocycles. The van der Waals surface area contributed by atoms with E-state index in [1.807, 2.05) is 48.5 Å². The molecule has 0 aliphatic heterocycles. The molecular formula is C16H14N2O2. The van der Waals surface area contributed by atoms with Gasteiger partial charge in [0.25, 0.3) is 0 Å². The van der Waals surface area contributed by atoms with Crippen molar-refractivity contribution in [3.05, 3.63) is 60.4 Å². The van der Waals surface area contributed by atoms with Crippen LogP contribution in [0.2, 0.25) is 0 Å². The van der Waals surface area contributed by atoms with E-state index in [0.29, 0.717) is 12.5 Å². The van der Waals surface area contributed by atoms with Crippen molar-refractivity contribution in [1.29, 1.82) is 0 Å². The third-order valence-electron chi connectivity index (χ3n) is 3.02. The number of aromatic nitrogens is 2.